The van der Waals surface area contributed by atoms with Gasteiger partial charge in [0.05, 0.1) is 11.9 Å². The summed E-state index contributed by atoms with van der Waals surface area (Å²) < 4.78 is 42.3. The zero-order chi connectivity index (χ0) is 14.3. The van der Waals surface area contributed by atoms with Crippen LogP contribution in [0.5, 0.6) is 0 Å². The smallest absolute Gasteiger partial charge is 0.151 e. The van der Waals surface area contributed by atoms with E-state index < -0.39 is 20.5 Å². The average molecular weight is 287 g/mol. The SMILES string of the molecule is COC[C@]1(CN)[C@H](c2cccc(F)c2)[C@@H]1S(C)(=O)=O. The van der Waals surface area contributed by atoms with Gasteiger partial charge in [0.15, 0.2) is 9.84 Å². The molecule has 4 nitrogen and oxygen atoms in total. The van der Waals surface area contributed by atoms with Crippen LogP contribution >= 0.6 is 0 Å². The highest BCUT2D eigenvalue weighted by Gasteiger charge is 2.69. The Morgan fingerprint density at radius 1 is 1.47 bits per heavy atom. The van der Waals surface area contributed by atoms with E-state index in [1.165, 1.54) is 25.5 Å². The van der Waals surface area contributed by atoms with Gasteiger partial charge in [-0.25, -0.2) is 12.8 Å². The van der Waals surface area contributed by atoms with Crippen molar-refractivity contribution in [3.8, 4) is 0 Å². The summed E-state index contributed by atoms with van der Waals surface area (Å²) >= 11 is 0. The Morgan fingerprint density at radius 2 is 2.16 bits per heavy atom. The highest BCUT2D eigenvalue weighted by atomic mass is 32.2. The van der Waals surface area contributed by atoms with Crippen LogP contribution in [0.3, 0.4) is 0 Å². The lowest BCUT2D eigenvalue weighted by Crippen LogP contribution is -2.28. The Bertz CT molecular complexity index is 575. The van der Waals surface area contributed by atoms with E-state index >= 15 is 0 Å². The third-order valence-electron chi connectivity index (χ3n) is 3.84. The predicted octanol–water partition coefficient (Wildman–Crippen LogP) is 0.928. The first-order chi connectivity index (χ1) is 8.86. The molecule has 0 aromatic heterocycles. The summed E-state index contributed by atoms with van der Waals surface area (Å²) in [7, 11) is -1.75. The number of rotatable bonds is 5. The topological polar surface area (TPSA) is 69.4 Å². The summed E-state index contributed by atoms with van der Waals surface area (Å²) in [6.45, 7) is 0.447. The summed E-state index contributed by atoms with van der Waals surface area (Å²) in [6.07, 6.45) is 1.19. The van der Waals surface area contributed by atoms with Gasteiger partial charge in [0, 0.05) is 31.2 Å². The van der Waals surface area contributed by atoms with Crippen molar-refractivity contribution in [3.05, 3.63) is 35.6 Å². The van der Waals surface area contributed by atoms with Crippen LogP contribution in [0.1, 0.15) is 11.5 Å². The minimum absolute atomic E-state index is 0.194. The van der Waals surface area contributed by atoms with E-state index in [4.69, 9.17) is 10.5 Å². The van der Waals surface area contributed by atoms with E-state index in [2.05, 4.69) is 0 Å². The van der Waals surface area contributed by atoms with Crippen molar-refractivity contribution in [2.75, 3.05) is 26.5 Å². The first-order valence-corrected chi connectivity index (χ1v) is 7.95. The monoisotopic (exact) mass is 287 g/mol. The van der Waals surface area contributed by atoms with Gasteiger partial charge < -0.3 is 10.5 Å². The number of hydrogen-bond acceptors (Lipinski definition) is 4. The highest BCUT2D eigenvalue weighted by Crippen LogP contribution is 2.62. The first-order valence-electron chi connectivity index (χ1n) is 6.00. The van der Waals surface area contributed by atoms with Crippen molar-refractivity contribution in [2.45, 2.75) is 11.2 Å². The summed E-state index contributed by atoms with van der Waals surface area (Å²) in [5.74, 6) is -0.678. The second kappa shape index (κ2) is 4.85. The lowest BCUT2D eigenvalue weighted by atomic mass is 10.00. The predicted molar refractivity (Wildman–Crippen MR) is 71.1 cm³/mol. The number of hydrogen-bond donors (Lipinski definition) is 1. The minimum atomic E-state index is -3.26. The molecule has 0 saturated heterocycles. The van der Waals surface area contributed by atoms with Crippen molar-refractivity contribution in [3.63, 3.8) is 0 Å². The van der Waals surface area contributed by atoms with Crippen molar-refractivity contribution >= 4 is 9.84 Å². The quantitative estimate of drug-likeness (QED) is 0.874. The number of ether oxygens (including phenoxy) is 1. The lowest BCUT2D eigenvalue weighted by Gasteiger charge is -2.14. The summed E-state index contributed by atoms with van der Waals surface area (Å²) in [5.41, 5.74) is 5.79. The van der Waals surface area contributed by atoms with E-state index in [0.29, 0.717) is 5.56 Å². The maximum Gasteiger partial charge on any atom is 0.151 e. The van der Waals surface area contributed by atoms with Crippen LogP contribution < -0.4 is 5.73 Å². The first kappa shape index (κ1) is 14.4. The highest BCUT2D eigenvalue weighted by molar-refractivity contribution is 7.91. The molecule has 0 aliphatic heterocycles. The van der Waals surface area contributed by atoms with E-state index in [1.807, 2.05) is 0 Å². The molecule has 0 bridgehead atoms. The lowest BCUT2D eigenvalue weighted by molar-refractivity contribution is 0.142. The fourth-order valence-corrected chi connectivity index (χ4v) is 5.08. The Kier molecular flexibility index (Phi) is 3.68. The molecule has 0 heterocycles. The molecule has 1 fully saturated rings. The molecule has 1 aliphatic carbocycles. The van der Waals surface area contributed by atoms with Crippen molar-refractivity contribution in [2.24, 2.45) is 11.1 Å². The van der Waals surface area contributed by atoms with Crippen LogP contribution in [-0.2, 0) is 14.6 Å². The fraction of sp³-hybridized carbons (Fsp3) is 0.538. The Balaban J connectivity index is 2.44. The molecule has 0 unspecified atom stereocenters. The number of nitrogens with two attached hydrogens (primary N) is 1. The molecular formula is C13H18FNO3S. The summed E-state index contributed by atoms with van der Waals surface area (Å²) in [6, 6.07) is 6.02. The van der Waals surface area contributed by atoms with Gasteiger partial charge in [-0.05, 0) is 17.7 Å². The van der Waals surface area contributed by atoms with Crippen molar-refractivity contribution < 1.29 is 17.5 Å². The van der Waals surface area contributed by atoms with Gasteiger partial charge in [-0.1, -0.05) is 12.1 Å². The average Bonchev–Trinajstić information content (AvgIpc) is 2.99. The van der Waals surface area contributed by atoms with Gasteiger partial charge >= 0.3 is 0 Å². The molecule has 1 aromatic rings. The van der Waals surface area contributed by atoms with E-state index in [-0.39, 0.29) is 24.9 Å². The largest absolute Gasteiger partial charge is 0.384 e. The maximum absolute atomic E-state index is 13.3. The molecule has 1 aromatic carbocycles. The normalized spacial score (nSPS) is 30.3. The summed E-state index contributed by atoms with van der Waals surface area (Å²) in [4.78, 5) is 0. The van der Waals surface area contributed by atoms with E-state index in [9.17, 15) is 12.8 Å². The van der Waals surface area contributed by atoms with Crippen LogP contribution in [0.25, 0.3) is 0 Å². The van der Waals surface area contributed by atoms with Gasteiger partial charge in [-0.3, -0.25) is 0 Å². The van der Waals surface area contributed by atoms with Crippen molar-refractivity contribution in [1.29, 1.82) is 0 Å². The van der Waals surface area contributed by atoms with E-state index in [0.717, 1.165) is 0 Å². The van der Waals surface area contributed by atoms with Gasteiger partial charge in [0.2, 0.25) is 0 Å². The molecule has 0 amide bonds. The third-order valence-corrected chi connectivity index (χ3v) is 5.51. The molecule has 2 rings (SSSR count). The number of benzene rings is 1. The van der Waals surface area contributed by atoms with Crippen LogP contribution in [0, 0.1) is 11.2 Å². The zero-order valence-electron chi connectivity index (χ0n) is 11.0. The van der Waals surface area contributed by atoms with Crippen molar-refractivity contribution in [1.82, 2.24) is 0 Å². The molecule has 0 radical (unpaired) electrons. The van der Waals surface area contributed by atoms with Crippen LogP contribution in [0.2, 0.25) is 0 Å². The Hall–Kier alpha value is -0.980. The molecule has 3 atom stereocenters. The standard InChI is InChI=1S/C13H18FNO3S/c1-18-8-13(7-15)11(12(13)19(2,16)17)9-4-3-5-10(14)6-9/h3-6,11-12H,7-8,15H2,1-2H3/t11-,12+,13-/m1/s1. The molecule has 2 N–H and O–H groups in total. The third kappa shape index (κ3) is 2.40. The minimum Gasteiger partial charge on any atom is -0.384 e. The Labute approximate surface area is 112 Å². The molecule has 1 aliphatic rings. The summed E-state index contributed by atoms with van der Waals surface area (Å²) in [5, 5.41) is -0.605. The zero-order valence-corrected chi connectivity index (χ0v) is 11.8. The second-order valence-corrected chi connectivity index (χ2v) is 7.32. The molecular weight excluding hydrogens is 269 g/mol. The maximum atomic E-state index is 13.3. The molecule has 0 spiro atoms. The van der Waals surface area contributed by atoms with E-state index in [1.54, 1.807) is 12.1 Å². The number of sulfone groups is 1. The van der Waals surface area contributed by atoms with Gasteiger partial charge in [0.25, 0.3) is 0 Å². The number of halogens is 1. The number of methoxy groups -OCH3 is 1. The molecule has 1 saturated carbocycles. The molecule has 106 valence electrons. The van der Waals surface area contributed by atoms with Gasteiger partial charge in [-0.2, -0.15) is 0 Å². The van der Waals surface area contributed by atoms with Gasteiger partial charge in [0.1, 0.15) is 5.82 Å². The molecule has 19 heavy (non-hydrogen) atoms. The van der Waals surface area contributed by atoms with Crippen LogP contribution in [0.4, 0.5) is 4.39 Å². The van der Waals surface area contributed by atoms with Crippen LogP contribution in [-0.4, -0.2) is 40.2 Å². The molecule has 6 heteroatoms. The second-order valence-electron chi connectivity index (χ2n) is 5.15. The van der Waals surface area contributed by atoms with Crippen LogP contribution in [0.15, 0.2) is 24.3 Å². The van der Waals surface area contributed by atoms with Gasteiger partial charge in [-0.15, -0.1) is 0 Å². The fourth-order valence-electron chi connectivity index (χ4n) is 3.08. The Morgan fingerprint density at radius 3 is 2.63 bits per heavy atom.